The first-order chi connectivity index (χ1) is 16.8. The molecular weight excluding hydrogens is 444 g/mol. The number of nitrogens with zero attached hydrogens (tertiary/aromatic N) is 4. The molecule has 2 atom stereocenters. The third kappa shape index (κ3) is 3.31. The highest BCUT2D eigenvalue weighted by molar-refractivity contribution is 6.15. The summed E-state index contributed by atoms with van der Waals surface area (Å²) in [5, 5.41) is 6.16. The van der Waals surface area contributed by atoms with Gasteiger partial charge in [-0.05, 0) is 69.5 Å². The lowest BCUT2D eigenvalue weighted by Gasteiger charge is -2.71. The number of hydrogen-bond donors (Lipinski definition) is 2. The van der Waals surface area contributed by atoms with Crippen molar-refractivity contribution < 1.29 is 14.3 Å². The minimum atomic E-state index is -1.02. The van der Waals surface area contributed by atoms with Crippen LogP contribution in [-0.2, 0) is 16.0 Å². The average Bonchev–Trinajstić information content (AvgIpc) is 3.17. The van der Waals surface area contributed by atoms with Crippen LogP contribution in [0.4, 0.5) is 17.5 Å². The van der Waals surface area contributed by atoms with Gasteiger partial charge in [-0.2, -0.15) is 4.98 Å². The number of aromatic nitrogens is 2. The molecule has 4 fully saturated rings. The maximum Gasteiger partial charge on any atom is 0.244 e. The second-order valence-electron chi connectivity index (χ2n) is 10.8. The number of benzene rings is 1. The molecule has 184 valence electrons. The van der Waals surface area contributed by atoms with Crippen molar-refractivity contribution in [2.45, 2.75) is 38.1 Å². The molecule has 35 heavy (non-hydrogen) atoms. The maximum absolute atomic E-state index is 13.9. The topological polar surface area (TPSA) is 99.7 Å². The molecule has 3 heterocycles. The summed E-state index contributed by atoms with van der Waals surface area (Å²) in [5.41, 5.74) is 0.463. The van der Waals surface area contributed by atoms with Crippen molar-refractivity contribution in [1.82, 2.24) is 20.2 Å². The van der Waals surface area contributed by atoms with E-state index in [1.165, 1.54) is 0 Å². The van der Waals surface area contributed by atoms with E-state index in [1.807, 2.05) is 43.3 Å². The van der Waals surface area contributed by atoms with Crippen LogP contribution in [0, 0.1) is 17.3 Å². The minimum absolute atomic E-state index is 0.0890. The molecule has 1 aromatic heterocycles. The number of likely N-dealkylation sites (N-methyl/N-ethyl adjacent to an activating group) is 1. The first kappa shape index (κ1) is 22.3. The highest BCUT2D eigenvalue weighted by Crippen LogP contribution is 2.67. The zero-order valence-corrected chi connectivity index (χ0v) is 20.5. The Morgan fingerprint density at radius 2 is 2.00 bits per heavy atom. The zero-order valence-electron chi connectivity index (χ0n) is 20.5. The van der Waals surface area contributed by atoms with Crippen LogP contribution in [0.1, 0.15) is 31.7 Å². The average molecular weight is 477 g/mol. The molecule has 0 unspecified atom stereocenters. The molecule has 2 aliphatic heterocycles. The molecule has 3 aliphatic carbocycles. The number of fused-ring (bicyclic) bond motifs is 1. The highest BCUT2D eigenvalue weighted by Gasteiger charge is 2.71. The van der Waals surface area contributed by atoms with Crippen LogP contribution in [0.15, 0.2) is 30.5 Å². The van der Waals surface area contributed by atoms with Crippen molar-refractivity contribution in [3.8, 4) is 5.75 Å². The largest absolute Gasteiger partial charge is 0.492 e. The molecule has 9 heteroatoms. The predicted molar refractivity (Wildman–Crippen MR) is 132 cm³/mol. The van der Waals surface area contributed by atoms with Crippen LogP contribution < -0.4 is 20.3 Å². The van der Waals surface area contributed by atoms with Gasteiger partial charge in [-0.3, -0.25) is 14.5 Å². The van der Waals surface area contributed by atoms with E-state index in [-0.39, 0.29) is 17.4 Å². The van der Waals surface area contributed by atoms with Gasteiger partial charge in [0.25, 0.3) is 0 Å². The number of rotatable bonds is 7. The summed E-state index contributed by atoms with van der Waals surface area (Å²) in [6, 6.07) is 7.69. The molecule has 1 spiro atoms. The molecule has 1 saturated heterocycles. The van der Waals surface area contributed by atoms with Crippen molar-refractivity contribution >= 4 is 29.3 Å². The third-order valence-corrected chi connectivity index (χ3v) is 8.58. The van der Waals surface area contributed by atoms with E-state index >= 15 is 0 Å². The van der Waals surface area contributed by atoms with Gasteiger partial charge in [-0.25, -0.2) is 4.98 Å². The zero-order chi connectivity index (χ0) is 24.4. The van der Waals surface area contributed by atoms with Gasteiger partial charge in [0.15, 0.2) is 0 Å². The molecular formula is C26H32N6O3. The summed E-state index contributed by atoms with van der Waals surface area (Å²) in [7, 11) is 4.03. The number of carbonyl (C=O) groups is 2. The smallest absolute Gasteiger partial charge is 0.244 e. The van der Waals surface area contributed by atoms with Crippen molar-refractivity contribution in [3.63, 3.8) is 0 Å². The number of amides is 2. The SMILES string of the molecule is C[C@@H]1C2CC1(N1C(=O)[C@]3(CCNC3=O)Cc3cnc(Nc4ccc(OCCN(C)C)cc4)nc31)C2. The van der Waals surface area contributed by atoms with E-state index in [9.17, 15) is 9.59 Å². The molecule has 5 aliphatic rings. The third-order valence-electron chi connectivity index (χ3n) is 8.58. The van der Waals surface area contributed by atoms with Gasteiger partial charge in [-0.15, -0.1) is 0 Å². The lowest BCUT2D eigenvalue weighted by molar-refractivity contribution is -0.151. The first-order valence-corrected chi connectivity index (χ1v) is 12.5. The molecule has 2 N–H and O–H groups in total. The van der Waals surface area contributed by atoms with Gasteiger partial charge in [-0.1, -0.05) is 6.92 Å². The van der Waals surface area contributed by atoms with E-state index in [4.69, 9.17) is 9.72 Å². The minimum Gasteiger partial charge on any atom is -0.492 e. The van der Waals surface area contributed by atoms with Crippen molar-refractivity contribution in [2.75, 3.05) is 44.0 Å². The Balaban J connectivity index is 1.27. The van der Waals surface area contributed by atoms with E-state index < -0.39 is 5.41 Å². The number of nitrogens with one attached hydrogen (secondary N) is 2. The molecule has 0 radical (unpaired) electrons. The molecule has 7 rings (SSSR count). The van der Waals surface area contributed by atoms with Gasteiger partial charge in [0.2, 0.25) is 17.8 Å². The lowest BCUT2D eigenvalue weighted by atomic mass is 9.42. The van der Waals surface area contributed by atoms with Crippen LogP contribution in [-0.4, -0.2) is 66.0 Å². The Kier molecular flexibility index (Phi) is 5.03. The monoisotopic (exact) mass is 476 g/mol. The van der Waals surface area contributed by atoms with Gasteiger partial charge in [0.1, 0.15) is 23.6 Å². The summed E-state index contributed by atoms with van der Waals surface area (Å²) in [5.74, 6) is 2.74. The van der Waals surface area contributed by atoms with E-state index in [1.54, 1.807) is 6.20 Å². The fourth-order valence-electron chi connectivity index (χ4n) is 6.13. The summed E-state index contributed by atoms with van der Waals surface area (Å²) < 4.78 is 5.77. The Morgan fingerprint density at radius 1 is 1.23 bits per heavy atom. The van der Waals surface area contributed by atoms with E-state index in [0.717, 1.165) is 36.4 Å². The Morgan fingerprint density at radius 3 is 2.60 bits per heavy atom. The standard InChI is InChI=1S/C26H32N6O3/c1-16-17-13-26(16,14-17)32-21-18(12-25(23(32)34)8-9-27-22(25)33)15-28-24(30-21)29-19-4-6-20(7-5-19)35-11-10-31(2)3/h4-7,15-17H,8-14H2,1-3H3,(H,27,33)(H,28,29,30)/t16-,17?,25-,26?/m1/s1. The first-order valence-electron chi connectivity index (χ1n) is 12.5. The van der Waals surface area contributed by atoms with Crippen LogP contribution in [0.25, 0.3) is 0 Å². The van der Waals surface area contributed by atoms with Crippen molar-refractivity contribution in [3.05, 3.63) is 36.0 Å². The van der Waals surface area contributed by atoms with Crippen LogP contribution >= 0.6 is 0 Å². The van der Waals surface area contributed by atoms with Crippen molar-refractivity contribution in [1.29, 1.82) is 0 Å². The number of hydrogen-bond acceptors (Lipinski definition) is 7. The van der Waals surface area contributed by atoms with E-state index in [0.29, 0.717) is 49.6 Å². The highest BCUT2D eigenvalue weighted by atomic mass is 16.5. The van der Waals surface area contributed by atoms with Crippen LogP contribution in [0.5, 0.6) is 5.75 Å². The number of carbonyl (C=O) groups excluding carboxylic acids is 2. The summed E-state index contributed by atoms with van der Waals surface area (Å²) in [4.78, 5) is 40.1. The molecule has 9 nitrogen and oxygen atoms in total. The van der Waals surface area contributed by atoms with Gasteiger partial charge >= 0.3 is 0 Å². The predicted octanol–water partition coefficient (Wildman–Crippen LogP) is 2.35. The molecule has 2 amide bonds. The maximum atomic E-state index is 13.9. The van der Waals surface area contributed by atoms with Gasteiger partial charge < -0.3 is 20.3 Å². The Bertz CT molecular complexity index is 1180. The second kappa shape index (κ2) is 7.91. The number of ether oxygens (including phenoxy) is 1. The fraction of sp³-hybridized carbons (Fsp3) is 0.538. The van der Waals surface area contributed by atoms with Gasteiger partial charge in [0, 0.05) is 37.0 Å². The fourth-order valence-corrected chi connectivity index (χ4v) is 6.13. The molecule has 1 aromatic carbocycles. The Hall–Kier alpha value is -3.20. The molecule has 2 aromatic rings. The summed E-state index contributed by atoms with van der Waals surface area (Å²) in [6.45, 7) is 4.22. The lowest BCUT2D eigenvalue weighted by Crippen LogP contribution is -2.78. The summed E-state index contributed by atoms with van der Waals surface area (Å²) >= 11 is 0. The van der Waals surface area contributed by atoms with Crippen LogP contribution in [0.2, 0.25) is 0 Å². The van der Waals surface area contributed by atoms with Gasteiger partial charge in [0.05, 0.1) is 5.54 Å². The number of anilines is 3. The Labute approximate surface area is 205 Å². The molecule has 2 bridgehead atoms. The second-order valence-corrected chi connectivity index (χ2v) is 10.8. The van der Waals surface area contributed by atoms with Crippen LogP contribution in [0.3, 0.4) is 0 Å². The summed E-state index contributed by atoms with van der Waals surface area (Å²) in [6.07, 6.45) is 4.64. The van der Waals surface area contributed by atoms with Crippen molar-refractivity contribution in [2.24, 2.45) is 17.3 Å². The quantitative estimate of drug-likeness (QED) is 0.592. The molecule has 3 saturated carbocycles. The van der Waals surface area contributed by atoms with E-state index in [2.05, 4.69) is 27.4 Å². The normalized spacial score (nSPS) is 30.6.